The van der Waals surface area contributed by atoms with Crippen LogP contribution in [-0.2, 0) is 10.0 Å². The summed E-state index contributed by atoms with van der Waals surface area (Å²) in [5, 5.41) is 0.0820. The Labute approximate surface area is 138 Å². The van der Waals surface area contributed by atoms with Crippen molar-refractivity contribution in [2.45, 2.75) is 24.3 Å². The summed E-state index contributed by atoms with van der Waals surface area (Å²) < 4.78 is 27.5. The van der Waals surface area contributed by atoms with E-state index in [4.69, 9.17) is 0 Å². The van der Waals surface area contributed by atoms with Gasteiger partial charge in [-0.05, 0) is 58.6 Å². The lowest BCUT2D eigenvalue weighted by Crippen LogP contribution is -2.29. The maximum Gasteiger partial charge on any atom is 0.261 e. The van der Waals surface area contributed by atoms with E-state index >= 15 is 0 Å². The van der Waals surface area contributed by atoms with Crippen LogP contribution in [0, 0.1) is 6.92 Å². The molecule has 0 spiro atoms. The smallest absolute Gasteiger partial charge is 0.261 e. The molecule has 5 nitrogen and oxygen atoms in total. The highest BCUT2D eigenvalue weighted by atomic mass is 79.9. The summed E-state index contributed by atoms with van der Waals surface area (Å²) in [4.78, 5) is 8.18. The van der Waals surface area contributed by atoms with Gasteiger partial charge in [-0.2, -0.15) is 4.31 Å². The minimum absolute atomic E-state index is 0.0820. The Morgan fingerprint density at radius 1 is 1.32 bits per heavy atom. The van der Waals surface area contributed by atoms with Gasteiger partial charge in [0, 0.05) is 37.6 Å². The van der Waals surface area contributed by atoms with Crippen molar-refractivity contribution in [3.63, 3.8) is 0 Å². The number of aromatic nitrogens is 2. The maximum absolute atomic E-state index is 12.7. The zero-order valence-electron chi connectivity index (χ0n) is 12.1. The van der Waals surface area contributed by atoms with Crippen molar-refractivity contribution in [1.29, 1.82) is 0 Å². The zero-order valence-corrected chi connectivity index (χ0v) is 14.5. The first-order chi connectivity index (χ1) is 10.5. The molecular weight excluding hydrogens is 366 g/mol. The Hall–Kier alpha value is -1.31. The minimum Gasteiger partial charge on any atom is -0.264 e. The van der Waals surface area contributed by atoms with Gasteiger partial charge in [0.25, 0.3) is 10.0 Å². The van der Waals surface area contributed by atoms with E-state index in [9.17, 15) is 8.42 Å². The third-order valence-corrected chi connectivity index (χ3v) is 6.71. The molecule has 22 heavy (non-hydrogen) atoms. The fourth-order valence-corrected chi connectivity index (χ4v) is 5.13. The van der Waals surface area contributed by atoms with Crippen LogP contribution in [0.25, 0.3) is 0 Å². The van der Waals surface area contributed by atoms with E-state index in [1.807, 2.05) is 19.2 Å². The van der Waals surface area contributed by atoms with Crippen molar-refractivity contribution in [3.05, 3.63) is 52.4 Å². The molecule has 3 rings (SSSR count). The number of pyridine rings is 2. The van der Waals surface area contributed by atoms with Gasteiger partial charge in [-0.15, -0.1) is 0 Å². The molecule has 1 aliphatic heterocycles. The zero-order chi connectivity index (χ0) is 15.7. The normalized spacial score (nSPS) is 19.5. The highest BCUT2D eigenvalue weighted by molar-refractivity contribution is 9.10. The first-order valence-corrected chi connectivity index (χ1v) is 9.24. The molecule has 0 radical (unpaired) electrons. The molecule has 0 aliphatic carbocycles. The number of hydrogen-bond donors (Lipinski definition) is 0. The summed E-state index contributed by atoms with van der Waals surface area (Å²) in [7, 11) is -3.57. The van der Waals surface area contributed by atoms with E-state index in [-0.39, 0.29) is 10.9 Å². The molecule has 0 aromatic carbocycles. The van der Waals surface area contributed by atoms with Crippen molar-refractivity contribution < 1.29 is 8.42 Å². The minimum atomic E-state index is -3.57. The van der Waals surface area contributed by atoms with Crippen LogP contribution in [0.2, 0.25) is 0 Å². The Balaban J connectivity index is 1.87. The molecule has 2 aromatic rings. The topological polar surface area (TPSA) is 63.2 Å². The molecule has 1 aliphatic rings. The molecule has 0 bridgehead atoms. The molecule has 1 atom stereocenters. The number of aryl methyl sites for hydroxylation is 1. The van der Waals surface area contributed by atoms with Crippen LogP contribution < -0.4 is 0 Å². The van der Waals surface area contributed by atoms with Crippen molar-refractivity contribution in [3.8, 4) is 0 Å². The number of hydrogen-bond acceptors (Lipinski definition) is 4. The largest absolute Gasteiger partial charge is 0.264 e. The summed E-state index contributed by atoms with van der Waals surface area (Å²) in [6.45, 7) is 3.01. The molecule has 3 heterocycles. The lowest BCUT2D eigenvalue weighted by atomic mass is 9.96. The summed E-state index contributed by atoms with van der Waals surface area (Å²) >= 11 is 3.27. The molecule has 116 valence electrons. The third kappa shape index (κ3) is 2.80. The molecule has 0 amide bonds. The van der Waals surface area contributed by atoms with Crippen LogP contribution in [0.3, 0.4) is 0 Å². The highest BCUT2D eigenvalue weighted by Gasteiger charge is 2.35. The van der Waals surface area contributed by atoms with Crippen LogP contribution in [0.1, 0.15) is 23.5 Å². The Morgan fingerprint density at radius 3 is 2.86 bits per heavy atom. The van der Waals surface area contributed by atoms with Crippen molar-refractivity contribution in [1.82, 2.24) is 14.3 Å². The first kappa shape index (κ1) is 15.6. The van der Waals surface area contributed by atoms with E-state index in [1.165, 1.54) is 10.5 Å². The molecule has 1 fully saturated rings. The summed E-state index contributed by atoms with van der Waals surface area (Å²) in [5.41, 5.74) is 2.28. The lowest BCUT2D eigenvalue weighted by Gasteiger charge is -2.17. The number of nitrogens with zero attached hydrogens (tertiary/aromatic N) is 3. The Kier molecular flexibility index (Phi) is 4.29. The fraction of sp³-hybridized carbons (Fsp3) is 0.333. The van der Waals surface area contributed by atoms with E-state index < -0.39 is 10.0 Å². The standard InChI is InChI=1S/C15H16BrN3O2S/c1-11-4-7-17-9-13(11)12-5-8-19(10-12)22(20,21)15-14(16)3-2-6-18-15/h2-4,6-7,9,12H,5,8,10H2,1H3. The second-order valence-corrected chi connectivity index (χ2v) is 8.08. The van der Waals surface area contributed by atoms with Gasteiger partial charge in [0.2, 0.25) is 0 Å². The molecule has 2 aromatic heterocycles. The van der Waals surface area contributed by atoms with Crippen LogP contribution >= 0.6 is 15.9 Å². The van der Waals surface area contributed by atoms with Gasteiger partial charge in [0.15, 0.2) is 5.03 Å². The first-order valence-electron chi connectivity index (χ1n) is 7.01. The van der Waals surface area contributed by atoms with Gasteiger partial charge in [0.05, 0.1) is 4.47 Å². The van der Waals surface area contributed by atoms with Crippen molar-refractivity contribution in [2.75, 3.05) is 13.1 Å². The van der Waals surface area contributed by atoms with Crippen molar-refractivity contribution in [2.24, 2.45) is 0 Å². The van der Waals surface area contributed by atoms with E-state index in [1.54, 1.807) is 18.3 Å². The van der Waals surface area contributed by atoms with Gasteiger partial charge in [-0.3, -0.25) is 4.98 Å². The molecule has 0 saturated carbocycles. The van der Waals surface area contributed by atoms with E-state index in [0.29, 0.717) is 17.6 Å². The molecule has 1 unspecified atom stereocenters. The van der Waals surface area contributed by atoms with Crippen LogP contribution in [-0.4, -0.2) is 35.8 Å². The lowest BCUT2D eigenvalue weighted by molar-refractivity contribution is 0.469. The number of halogens is 1. The van der Waals surface area contributed by atoms with Gasteiger partial charge in [-0.25, -0.2) is 13.4 Å². The predicted molar refractivity (Wildman–Crippen MR) is 87.0 cm³/mol. The Bertz CT molecular complexity index is 795. The average Bonchev–Trinajstić information content (AvgIpc) is 2.98. The van der Waals surface area contributed by atoms with Crippen LogP contribution in [0.4, 0.5) is 0 Å². The molecule has 7 heteroatoms. The summed E-state index contributed by atoms with van der Waals surface area (Å²) in [5.74, 6) is 0.186. The Morgan fingerprint density at radius 2 is 2.14 bits per heavy atom. The SMILES string of the molecule is Cc1ccncc1C1CCN(S(=O)(=O)c2ncccc2Br)C1. The summed E-state index contributed by atoms with van der Waals surface area (Å²) in [6.07, 6.45) is 5.90. The number of rotatable bonds is 3. The predicted octanol–water partition coefficient (Wildman–Crippen LogP) is 2.73. The van der Waals surface area contributed by atoms with Crippen LogP contribution in [0.15, 0.2) is 46.3 Å². The van der Waals surface area contributed by atoms with Crippen LogP contribution in [0.5, 0.6) is 0 Å². The van der Waals surface area contributed by atoms with Gasteiger partial charge >= 0.3 is 0 Å². The van der Waals surface area contributed by atoms with E-state index in [2.05, 4.69) is 25.9 Å². The summed E-state index contributed by atoms with van der Waals surface area (Å²) in [6, 6.07) is 5.36. The molecule has 0 N–H and O–H groups in total. The second-order valence-electron chi connectivity index (χ2n) is 5.37. The maximum atomic E-state index is 12.7. The second kappa shape index (κ2) is 6.06. The quantitative estimate of drug-likeness (QED) is 0.819. The molecule has 1 saturated heterocycles. The monoisotopic (exact) mass is 381 g/mol. The highest BCUT2D eigenvalue weighted by Crippen LogP contribution is 2.33. The van der Waals surface area contributed by atoms with Crippen molar-refractivity contribution >= 4 is 26.0 Å². The molecular formula is C15H16BrN3O2S. The number of sulfonamides is 1. The average molecular weight is 382 g/mol. The fourth-order valence-electron chi connectivity index (χ4n) is 2.79. The van der Waals surface area contributed by atoms with Gasteiger partial charge in [-0.1, -0.05) is 0 Å². The van der Waals surface area contributed by atoms with E-state index in [0.717, 1.165) is 17.5 Å². The third-order valence-electron chi connectivity index (χ3n) is 3.98. The van der Waals surface area contributed by atoms with Gasteiger partial charge < -0.3 is 0 Å². The van der Waals surface area contributed by atoms with Gasteiger partial charge in [0.1, 0.15) is 0 Å².